The number of hydrogen-bond donors (Lipinski definition) is 7. The number of ketones is 1. The Hall–Kier alpha value is -3.53. The van der Waals surface area contributed by atoms with Crippen LogP contribution in [0.15, 0.2) is 94.3 Å². The number of ether oxygens (including phenoxy) is 6. The first kappa shape index (κ1) is 46.2. The number of aliphatic hydroxyl groups is 6. The predicted molar refractivity (Wildman–Crippen MR) is 203 cm³/mol. The molecule has 4 aliphatic rings. The average Bonchev–Trinajstić information content (AvgIpc) is 3.56. The molecule has 0 saturated carbocycles. The van der Waals surface area contributed by atoms with Crippen LogP contribution in [0.2, 0.25) is 0 Å². The summed E-state index contributed by atoms with van der Waals surface area (Å²) in [5.41, 5.74) is 4.71. The van der Waals surface area contributed by atoms with Crippen LogP contribution in [-0.4, -0.2) is 153 Å². The standard InChI is InChI=1S/C38H48Cl2N2O15/c1-19(39)12-11-14-21(40)13-9-7-5-4-6-8-10-15-23(43)27-29(47)22(16-26(41)45)42(35(27)51)36-33(30(48)24(44)17-53-36)57-37-32(50)31(49)25(18-54-37)56-38-34(52-3)28(46)20(2)55-38/h4-15,20,22,24-25,28,30-34,36-38,43-44,46,48-50H,16-18H2,1-3H3,(H2,41,45)/b5-4+,8-6+,9-7+,14-11+,15-10+,19-12-,21-13-,27-23-/t20-,22+,24-,25-,28-,30+,31-,32+,33-,34+,36-,37+,38+/m1/s1. The third kappa shape index (κ3) is 11.8. The van der Waals surface area contributed by atoms with E-state index >= 15 is 0 Å². The molecule has 13 atom stereocenters. The fourth-order valence-electron chi connectivity index (χ4n) is 6.26. The lowest BCUT2D eigenvalue weighted by Gasteiger charge is -2.46. The van der Waals surface area contributed by atoms with Gasteiger partial charge in [-0.3, -0.25) is 19.3 Å². The van der Waals surface area contributed by atoms with E-state index in [1.165, 1.54) is 19.3 Å². The van der Waals surface area contributed by atoms with Crippen LogP contribution < -0.4 is 5.73 Å². The SMILES string of the molecule is CO[C@@H]1[C@H](O[C@@H]2CO[C@@H](O[C@@H]3[C@@H](O)[C@H](O)CO[C@H]3N3C(=O)/C(=C(O)/C=C/C=C/C=C/C=C/C=C(Cl)/C=C/C=C(/C)Cl)C(=O)[C@@H]3CC(N)=O)[C@@H](O)[C@@H]2O)O[C@H](C)[C@H]1O. The van der Waals surface area contributed by atoms with Crippen molar-refractivity contribution in [2.24, 2.45) is 5.73 Å². The Bertz CT molecular complexity index is 1690. The Labute approximate surface area is 338 Å². The molecular formula is C38H48Cl2N2O15. The van der Waals surface area contributed by atoms with Crippen molar-refractivity contribution in [3.63, 3.8) is 0 Å². The normalized spacial score (nSPS) is 37.0. The zero-order chi connectivity index (χ0) is 42.0. The molecule has 4 aliphatic heterocycles. The van der Waals surface area contributed by atoms with E-state index in [9.17, 15) is 45.0 Å². The maximum absolute atomic E-state index is 13.8. The molecule has 0 aromatic carbocycles. The van der Waals surface area contributed by atoms with Gasteiger partial charge in [0.05, 0.1) is 25.7 Å². The van der Waals surface area contributed by atoms with Crippen LogP contribution in [0, 0.1) is 0 Å². The van der Waals surface area contributed by atoms with Gasteiger partial charge in [0.2, 0.25) is 5.91 Å². The summed E-state index contributed by atoms with van der Waals surface area (Å²) in [4.78, 5) is 40.3. The molecule has 0 bridgehead atoms. The highest BCUT2D eigenvalue weighted by molar-refractivity contribution is 6.31. The summed E-state index contributed by atoms with van der Waals surface area (Å²) in [6, 6.07) is -1.62. The van der Waals surface area contributed by atoms with Crippen LogP contribution >= 0.6 is 23.2 Å². The topological polar surface area (TPSA) is 257 Å². The first-order valence-corrected chi connectivity index (χ1v) is 18.6. The van der Waals surface area contributed by atoms with Gasteiger partial charge in [0, 0.05) is 17.2 Å². The molecule has 4 fully saturated rings. The maximum atomic E-state index is 13.8. The van der Waals surface area contributed by atoms with E-state index in [0.29, 0.717) is 10.1 Å². The number of rotatable bonds is 15. The molecule has 19 heteroatoms. The molecular weight excluding hydrogens is 795 g/mol. The van der Waals surface area contributed by atoms with E-state index in [2.05, 4.69) is 0 Å². The Balaban J connectivity index is 1.48. The fourth-order valence-corrected chi connectivity index (χ4v) is 6.48. The number of amides is 2. The lowest BCUT2D eigenvalue weighted by Crippen LogP contribution is -2.65. The largest absolute Gasteiger partial charge is 0.507 e. The summed E-state index contributed by atoms with van der Waals surface area (Å²) in [5, 5.41) is 65.7. The fraction of sp³-hybridized carbons (Fsp3) is 0.500. The smallest absolute Gasteiger partial charge is 0.264 e. The van der Waals surface area contributed by atoms with Crippen LogP contribution in [0.5, 0.6) is 0 Å². The number of nitrogens with zero attached hydrogens (tertiary/aromatic N) is 1. The van der Waals surface area contributed by atoms with E-state index in [4.69, 9.17) is 57.4 Å². The van der Waals surface area contributed by atoms with Crippen molar-refractivity contribution in [2.45, 2.75) is 100 Å². The highest BCUT2D eigenvalue weighted by Gasteiger charge is 2.56. The summed E-state index contributed by atoms with van der Waals surface area (Å²) in [5.74, 6) is -3.84. The molecule has 17 nitrogen and oxygen atoms in total. The zero-order valence-electron chi connectivity index (χ0n) is 31.2. The summed E-state index contributed by atoms with van der Waals surface area (Å²) in [7, 11) is 1.34. The van der Waals surface area contributed by atoms with Crippen molar-refractivity contribution in [3.05, 3.63) is 94.3 Å². The molecule has 0 unspecified atom stereocenters. The maximum Gasteiger partial charge on any atom is 0.264 e. The van der Waals surface area contributed by atoms with Gasteiger partial charge in [-0.15, -0.1) is 0 Å². The van der Waals surface area contributed by atoms with Crippen molar-refractivity contribution < 1.29 is 73.4 Å². The molecule has 0 spiro atoms. The van der Waals surface area contributed by atoms with Crippen molar-refractivity contribution >= 4 is 40.8 Å². The van der Waals surface area contributed by atoms with Gasteiger partial charge in [-0.1, -0.05) is 71.8 Å². The molecule has 4 heterocycles. The molecule has 57 heavy (non-hydrogen) atoms. The molecule has 0 aliphatic carbocycles. The van der Waals surface area contributed by atoms with E-state index in [1.54, 1.807) is 68.5 Å². The first-order chi connectivity index (χ1) is 27.1. The van der Waals surface area contributed by atoms with Crippen LogP contribution in [0.1, 0.15) is 20.3 Å². The third-order valence-corrected chi connectivity index (χ3v) is 9.58. The van der Waals surface area contributed by atoms with Gasteiger partial charge in [-0.2, -0.15) is 0 Å². The molecule has 0 aromatic rings. The zero-order valence-corrected chi connectivity index (χ0v) is 32.7. The number of likely N-dealkylation sites (tertiary alicyclic amines) is 1. The minimum Gasteiger partial charge on any atom is -0.507 e. The van der Waals surface area contributed by atoms with Gasteiger partial charge in [0.15, 0.2) is 24.6 Å². The van der Waals surface area contributed by atoms with E-state index in [-0.39, 0.29) is 0 Å². The summed E-state index contributed by atoms with van der Waals surface area (Å²) >= 11 is 11.8. The van der Waals surface area contributed by atoms with Crippen molar-refractivity contribution in [1.29, 1.82) is 0 Å². The lowest BCUT2D eigenvalue weighted by molar-refractivity contribution is -0.338. The predicted octanol–water partition coefficient (Wildman–Crippen LogP) is 0.547. The molecule has 4 saturated heterocycles. The minimum absolute atomic E-state index is 0.405. The van der Waals surface area contributed by atoms with Crippen LogP contribution in [-0.2, 0) is 42.8 Å². The van der Waals surface area contributed by atoms with Gasteiger partial charge in [-0.05, 0) is 38.2 Å². The molecule has 4 rings (SSSR count). The monoisotopic (exact) mass is 842 g/mol. The van der Waals surface area contributed by atoms with E-state index < -0.39 is 128 Å². The Morgan fingerprint density at radius 2 is 1.51 bits per heavy atom. The number of halogens is 2. The number of carbonyl (C=O) groups excluding carboxylic acids is 3. The number of methoxy groups -OCH3 is 1. The van der Waals surface area contributed by atoms with Crippen LogP contribution in [0.4, 0.5) is 0 Å². The second-order valence-electron chi connectivity index (χ2n) is 13.3. The van der Waals surface area contributed by atoms with E-state index in [0.717, 1.165) is 11.0 Å². The molecule has 314 valence electrons. The average molecular weight is 844 g/mol. The molecule has 8 N–H and O–H groups in total. The van der Waals surface area contributed by atoms with Gasteiger partial charge in [-0.25, -0.2) is 0 Å². The second-order valence-corrected chi connectivity index (χ2v) is 14.4. The Kier molecular flexibility index (Phi) is 17.4. The second kappa shape index (κ2) is 21.5. The van der Waals surface area contributed by atoms with Crippen molar-refractivity contribution in [3.8, 4) is 0 Å². The quantitative estimate of drug-likeness (QED) is 0.0514. The number of primary amides is 1. The van der Waals surface area contributed by atoms with Crippen LogP contribution in [0.25, 0.3) is 0 Å². The summed E-state index contributed by atoms with van der Waals surface area (Å²) in [6.07, 6.45) is 1.26. The highest BCUT2D eigenvalue weighted by Crippen LogP contribution is 2.35. The summed E-state index contributed by atoms with van der Waals surface area (Å²) < 4.78 is 33.7. The summed E-state index contributed by atoms with van der Waals surface area (Å²) in [6.45, 7) is 2.37. The van der Waals surface area contributed by atoms with Gasteiger partial charge in [0.25, 0.3) is 5.91 Å². The number of nitrogens with two attached hydrogens (primary N) is 1. The minimum atomic E-state index is -1.85. The van der Waals surface area contributed by atoms with Gasteiger partial charge in [0.1, 0.15) is 66.2 Å². The lowest BCUT2D eigenvalue weighted by atomic mass is 10.0. The number of carbonyl (C=O) groups is 3. The number of Topliss-reactive ketones (excluding diaryl/α,β-unsaturated/α-hetero) is 1. The van der Waals surface area contributed by atoms with Crippen molar-refractivity contribution in [1.82, 2.24) is 4.90 Å². The molecule has 0 radical (unpaired) electrons. The molecule has 2 amide bonds. The first-order valence-electron chi connectivity index (χ1n) is 17.8. The van der Waals surface area contributed by atoms with Gasteiger partial charge < -0.3 is 64.8 Å². The van der Waals surface area contributed by atoms with Gasteiger partial charge >= 0.3 is 0 Å². The van der Waals surface area contributed by atoms with Crippen LogP contribution in [0.3, 0.4) is 0 Å². The Morgan fingerprint density at radius 3 is 2.16 bits per heavy atom. The number of allylic oxidation sites excluding steroid dienone is 14. The highest BCUT2D eigenvalue weighted by atomic mass is 35.5. The number of hydrogen-bond acceptors (Lipinski definition) is 15. The Morgan fingerprint density at radius 1 is 0.842 bits per heavy atom. The third-order valence-electron chi connectivity index (χ3n) is 9.21. The number of aliphatic hydroxyl groups excluding tert-OH is 6. The molecule has 0 aromatic heterocycles. The van der Waals surface area contributed by atoms with Crippen molar-refractivity contribution in [2.75, 3.05) is 20.3 Å². The van der Waals surface area contributed by atoms with E-state index in [1.807, 2.05) is 0 Å².